The molecule has 0 unspecified atom stereocenters. The highest BCUT2D eigenvalue weighted by atomic mass is 32.2. The topological polar surface area (TPSA) is 88.0 Å². The molecular formula is C11H12FN3O2S. The highest BCUT2D eigenvalue weighted by Crippen LogP contribution is 2.17. The SMILES string of the molecule is NCc1cc(S(=O)(=O)Nc2cccc(F)c2)c[nH]1. The number of sulfonamides is 1. The predicted molar refractivity (Wildman–Crippen MR) is 65.9 cm³/mol. The maximum atomic E-state index is 12.9. The van der Waals surface area contributed by atoms with Gasteiger partial charge < -0.3 is 10.7 Å². The molecule has 0 aliphatic carbocycles. The van der Waals surface area contributed by atoms with E-state index in [9.17, 15) is 12.8 Å². The largest absolute Gasteiger partial charge is 0.363 e. The van der Waals surface area contributed by atoms with Gasteiger partial charge >= 0.3 is 0 Å². The molecule has 1 heterocycles. The molecule has 0 atom stereocenters. The molecule has 0 aliphatic heterocycles. The summed E-state index contributed by atoms with van der Waals surface area (Å²) in [6.45, 7) is 0.218. The number of halogens is 1. The second-order valence-electron chi connectivity index (χ2n) is 3.68. The van der Waals surface area contributed by atoms with Crippen LogP contribution in [0, 0.1) is 5.82 Å². The van der Waals surface area contributed by atoms with Crippen LogP contribution in [0.5, 0.6) is 0 Å². The summed E-state index contributed by atoms with van der Waals surface area (Å²) in [5, 5.41) is 0. The average Bonchev–Trinajstić information content (AvgIpc) is 2.77. The van der Waals surface area contributed by atoms with Crippen LogP contribution in [-0.4, -0.2) is 13.4 Å². The normalized spacial score (nSPS) is 11.4. The maximum absolute atomic E-state index is 12.9. The summed E-state index contributed by atoms with van der Waals surface area (Å²) < 4.78 is 39.1. The zero-order valence-electron chi connectivity index (χ0n) is 9.35. The summed E-state index contributed by atoms with van der Waals surface area (Å²) >= 11 is 0. The third-order valence-corrected chi connectivity index (χ3v) is 3.68. The van der Waals surface area contributed by atoms with Gasteiger partial charge in [-0.3, -0.25) is 4.72 Å². The summed E-state index contributed by atoms with van der Waals surface area (Å²) in [6.07, 6.45) is 1.34. The summed E-state index contributed by atoms with van der Waals surface area (Å²) in [6, 6.07) is 6.67. The fraction of sp³-hybridized carbons (Fsp3) is 0.0909. The molecule has 1 aromatic carbocycles. The Morgan fingerprint density at radius 3 is 2.72 bits per heavy atom. The number of rotatable bonds is 4. The number of hydrogen-bond donors (Lipinski definition) is 3. The number of hydrogen-bond acceptors (Lipinski definition) is 3. The summed E-state index contributed by atoms with van der Waals surface area (Å²) in [4.78, 5) is 2.80. The van der Waals surface area contributed by atoms with Crippen LogP contribution in [0.25, 0.3) is 0 Å². The van der Waals surface area contributed by atoms with Crippen LogP contribution >= 0.6 is 0 Å². The number of benzene rings is 1. The van der Waals surface area contributed by atoms with Crippen molar-refractivity contribution in [2.24, 2.45) is 5.73 Å². The van der Waals surface area contributed by atoms with Gasteiger partial charge in [0, 0.05) is 18.4 Å². The van der Waals surface area contributed by atoms with Crippen LogP contribution in [-0.2, 0) is 16.6 Å². The Morgan fingerprint density at radius 1 is 1.33 bits per heavy atom. The third kappa shape index (κ3) is 2.69. The number of nitrogens with two attached hydrogens (primary N) is 1. The Kier molecular flexibility index (Phi) is 3.35. The van der Waals surface area contributed by atoms with Gasteiger partial charge in [-0.1, -0.05) is 6.07 Å². The Labute approximate surface area is 104 Å². The van der Waals surface area contributed by atoms with E-state index >= 15 is 0 Å². The molecule has 7 heteroatoms. The Hall–Kier alpha value is -1.86. The molecule has 4 N–H and O–H groups in total. The van der Waals surface area contributed by atoms with E-state index in [-0.39, 0.29) is 17.1 Å². The Bertz CT molecular complexity index is 652. The molecule has 0 saturated heterocycles. The van der Waals surface area contributed by atoms with E-state index in [2.05, 4.69) is 9.71 Å². The number of aromatic amines is 1. The second-order valence-corrected chi connectivity index (χ2v) is 5.36. The lowest BCUT2D eigenvalue weighted by Gasteiger charge is -2.05. The second kappa shape index (κ2) is 4.79. The first kappa shape index (κ1) is 12.6. The molecule has 96 valence electrons. The molecule has 2 aromatic rings. The molecule has 18 heavy (non-hydrogen) atoms. The minimum Gasteiger partial charge on any atom is -0.363 e. The molecule has 0 bridgehead atoms. The molecular weight excluding hydrogens is 257 g/mol. The number of anilines is 1. The van der Waals surface area contributed by atoms with E-state index in [4.69, 9.17) is 5.73 Å². The van der Waals surface area contributed by atoms with Gasteiger partial charge in [0.05, 0.1) is 5.69 Å². The van der Waals surface area contributed by atoms with Crippen molar-refractivity contribution in [2.75, 3.05) is 4.72 Å². The van der Waals surface area contributed by atoms with Crippen LogP contribution < -0.4 is 10.5 Å². The molecule has 0 radical (unpaired) electrons. The summed E-state index contributed by atoms with van der Waals surface area (Å²) in [5.74, 6) is -0.507. The van der Waals surface area contributed by atoms with Crippen molar-refractivity contribution in [3.8, 4) is 0 Å². The van der Waals surface area contributed by atoms with Crippen LogP contribution in [0.1, 0.15) is 5.69 Å². The molecule has 5 nitrogen and oxygen atoms in total. The summed E-state index contributed by atoms with van der Waals surface area (Å²) in [7, 11) is -3.72. The van der Waals surface area contributed by atoms with Crippen molar-refractivity contribution in [1.82, 2.24) is 4.98 Å². The van der Waals surface area contributed by atoms with Gasteiger partial charge in [-0.2, -0.15) is 0 Å². The number of H-pyrrole nitrogens is 1. The lowest BCUT2D eigenvalue weighted by molar-refractivity contribution is 0.601. The average molecular weight is 269 g/mol. The fourth-order valence-electron chi connectivity index (χ4n) is 1.46. The molecule has 0 fully saturated rings. The first-order valence-electron chi connectivity index (χ1n) is 5.17. The van der Waals surface area contributed by atoms with E-state index in [0.717, 1.165) is 6.07 Å². The molecule has 0 spiro atoms. The van der Waals surface area contributed by atoms with Crippen LogP contribution in [0.3, 0.4) is 0 Å². The Morgan fingerprint density at radius 2 is 2.11 bits per heavy atom. The van der Waals surface area contributed by atoms with Crippen molar-refractivity contribution < 1.29 is 12.8 Å². The van der Waals surface area contributed by atoms with Gasteiger partial charge in [-0.05, 0) is 24.3 Å². The molecule has 1 aromatic heterocycles. The van der Waals surface area contributed by atoms with Crippen LogP contribution in [0.15, 0.2) is 41.4 Å². The van der Waals surface area contributed by atoms with Crippen LogP contribution in [0.4, 0.5) is 10.1 Å². The zero-order valence-corrected chi connectivity index (χ0v) is 10.2. The highest BCUT2D eigenvalue weighted by Gasteiger charge is 2.16. The molecule has 0 saturated carbocycles. The molecule has 0 aliphatic rings. The predicted octanol–water partition coefficient (Wildman–Crippen LogP) is 1.41. The van der Waals surface area contributed by atoms with E-state index in [0.29, 0.717) is 5.69 Å². The first-order valence-corrected chi connectivity index (χ1v) is 6.65. The number of nitrogens with one attached hydrogen (secondary N) is 2. The fourth-order valence-corrected chi connectivity index (χ4v) is 2.52. The van der Waals surface area contributed by atoms with Gasteiger partial charge in [-0.15, -0.1) is 0 Å². The lowest BCUT2D eigenvalue weighted by Crippen LogP contribution is -2.12. The summed E-state index contributed by atoms with van der Waals surface area (Å²) in [5.41, 5.74) is 6.16. The smallest absolute Gasteiger partial charge is 0.263 e. The van der Waals surface area contributed by atoms with E-state index < -0.39 is 15.8 Å². The van der Waals surface area contributed by atoms with Gasteiger partial charge in [-0.25, -0.2) is 12.8 Å². The van der Waals surface area contributed by atoms with Gasteiger partial charge in [0.15, 0.2) is 0 Å². The first-order chi connectivity index (χ1) is 8.51. The molecule has 2 rings (SSSR count). The van der Waals surface area contributed by atoms with E-state index in [1.807, 2.05) is 0 Å². The van der Waals surface area contributed by atoms with Crippen molar-refractivity contribution in [2.45, 2.75) is 11.4 Å². The van der Waals surface area contributed by atoms with E-state index in [1.165, 1.54) is 30.5 Å². The van der Waals surface area contributed by atoms with Crippen molar-refractivity contribution in [3.63, 3.8) is 0 Å². The van der Waals surface area contributed by atoms with Crippen LogP contribution in [0.2, 0.25) is 0 Å². The van der Waals surface area contributed by atoms with Crippen molar-refractivity contribution in [3.05, 3.63) is 48.0 Å². The minimum absolute atomic E-state index is 0.0622. The molecule has 0 amide bonds. The quantitative estimate of drug-likeness (QED) is 0.784. The standard InChI is InChI=1S/C11H12FN3O2S/c12-8-2-1-3-9(4-8)15-18(16,17)11-5-10(6-13)14-7-11/h1-5,7,14-15H,6,13H2. The highest BCUT2D eigenvalue weighted by molar-refractivity contribution is 7.92. The van der Waals surface area contributed by atoms with Crippen molar-refractivity contribution in [1.29, 1.82) is 0 Å². The third-order valence-electron chi connectivity index (χ3n) is 2.32. The monoisotopic (exact) mass is 269 g/mol. The maximum Gasteiger partial charge on any atom is 0.263 e. The zero-order chi connectivity index (χ0) is 13.2. The minimum atomic E-state index is -3.72. The van der Waals surface area contributed by atoms with Crippen molar-refractivity contribution >= 4 is 15.7 Å². The Balaban J connectivity index is 2.27. The van der Waals surface area contributed by atoms with Gasteiger partial charge in [0.25, 0.3) is 10.0 Å². The van der Waals surface area contributed by atoms with E-state index in [1.54, 1.807) is 0 Å². The van der Waals surface area contributed by atoms with Gasteiger partial charge in [0.2, 0.25) is 0 Å². The lowest BCUT2D eigenvalue weighted by atomic mass is 10.3. The number of aromatic nitrogens is 1. The van der Waals surface area contributed by atoms with Gasteiger partial charge in [0.1, 0.15) is 10.7 Å².